The Labute approximate surface area is 88.8 Å². The molecule has 1 aliphatic rings. The number of nitrogens with zero attached hydrogens (tertiary/aromatic N) is 3. The molecule has 1 aromatic rings. The van der Waals surface area contributed by atoms with Crippen molar-refractivity contribution in [1.29, 1.82) is 0 Å². The molecular weight excluding hydrogens is 194 g/mol. The molecule has 1 aromatic heterocycles. The second-order valence-electron chi connectivity index (χ2n) is 3.84. The van der Waals surface area contributed by atoms with Gasteiger partial charge < -0.3 is 15.4 Å². The normalized spacial score (nSPS) is 18.4. The van der Waals surface area contributed by atoms with Crippen LogP contribution in [0.1, 0.15) is 18.7 Å². The summed E-state index contributed by atoms with van der Waals surface area (Å²) < 4.78 is 4.97. The number of rotatable bonds is 3. The van der Waals surface area contributed by atoms with Gasteiger partial charge in [-0.15, -0.1) is 5.10 Å². The van der Waals surface area contributed by atoms with Crippen molar-refractivity contribution in [2.45, 2.75) is 25.5 Å². The van der Waals surface area contributed by atoms with Crippen molar-refractivity contribution in [2.75, 3.05) is 25.1 Å². The van der Waals surface area contributed by atoms with Gasteiger partial charge in [0.25, 0.3) is 0 Å². The lowest BCUT2D eigenvalue weighted by atomic mass is 10.1. The Morgan fingerprint density at radius 2 is 2.27 bits per heavy atom. The quantitative estimate of drug-likeness (QED) is 0.728. The third-order valence-corrected chi connectivity index (χ3v) is 2.62. The number of anilines is 1. The molecule has 3 N–H and O–H groups in total. The van der Waals surface area contributed by atoms with Gasteiger partial charge in [-0.3, -0.25) is 5.10 Å². The number of ether oxygens (including phenoxy) is 1. The Morgan fingerprint density at radius 3 is 2.93 bits per heavy atom. The summed E-state index contributed by atoms with van der Waals surface area (Å²) in [6.07, 6.45) is 2.02. The number of nitrogens with one attached hydrogen (secondary N) is 1. The number of piperidine rings is 1. The lowest BCUT2D eigenvalue weighted by Gasteiger charge is -2.28. The zero-order chi connectivity index (χ0) is 10.7. The number of H-pyrrole nitrogens is 1. The molecule has 2 heterocycles. The SMILES string of the molecule is COCc1nc(N2CCC(N)CC2)n[nH]1. The van der Waals surface area contributed by atoms with Gasteiger partial charge in [0.15, 0.2) is 5.82 Å². The van der Waals surface area contributed by atoms with Gasteiger partial charge in [-0.25, -0.2) is 0 Å². The van der Waals surface area contributed by atoms with Gasteiger partial charge in [-0.2, -0.15) is 4.98 Å². The molecule has 2 rings (SSSR count). The monoisotopic (exact) mass is 211 g/mol. The number of hydrogen-bond acceptors (Lipinski definition) is 5. The van der Waals surface area contributed by atoms with Crippen LogP contribution in [0.4, 0.5) is 5.95 Å². The number of aromatic amines is 1. The summed E-state index contributed by atoms with van der Waals surface area (Å²) in [4.78, 5) is 6.49. The molecule has 15 heavy (non-hydrogen) atoms. The van der Waals surface area contributed by atoms with E-state index in [9.17, 15) is 0 Å². The molecule has 0 bridgehead atoms. The molecule has 84 valence electrons. The molecule has 0 amide bonds. The molecule has 0 atom stereocenters. The Kier molecular flexibility index (Phi) is 3.17. The van der Waals surface area contributed by atoms with Crippen molar-refractivity contribution in [1.82, 2.24) is 15.2 Å². The molecule has 0 unspecified atom stereocenters. The molecule has 1 saturated heterocycles. The molecule has 0 radical (unpaired) electrons. The first-order valence-corrected chi connectivity index (χ1v) is 5.20. The average Bonchev–Trinajstić information content (AvgIpc) is 2.68. The highest BCUT2D eigenvalue weighted by atomic mass is 16.5. The standard InChI is InChI=1S/C9H17N5O/c1-15-6-8-11-9(13-12-8)14-4-2-7(10)3-5-14/h7H,2-6,10H2,1H3,(H,11,12,13). The lowest BCUT2D eigenvalue weighted by molar-refractivity contribution is 0.178. The third kappa shape index (κ3) is 2.45. The Balaban J connectivity index is 1.96. The van der Waals surface area contributed by atoms with E-state index in [-0.39, 0.29) is 0 Å². The number of nitrogens with two attached hydrogens (primary N) is 1. The Morgan fingerprint density at radius 1 is 1.53 bits per heavy atom. The molecular formula is C9H17N5O. The number of aromatic nitrogens is 3. The van der Waals surface area contributed by atoms with E-state index in [4.69, 9.17) is 10.5 Å². The maximum atomic E-state index is 5.83. The fraction of sp³-hybridized carbons (Fsp3) is 0.778. The van der Waals surface area contributed by atoms with Gasteiger partial charge >= 0.3 is 0 Å². The van der Waals surface area contributed by atoms with E-state index in [0.29, 0.717) is 12.6 Å². The van der Waals surface area contributed by atoms with Crippen molar-refractivity contribution in [2.24, 2.45) is 5.73 Å². The summed E-state index contributed by atoms with van der Waals surface area (Å²) in [6.45, 7) is 2.34. The molecule has 1 fully saturated rings. The maximum Gasteiger partial charge on any atom is 0.244 e. The van der Waals surface area contributed by atoms with E-state index in [1.807, 2.05) is 0 Å². The Bertz CT molecular complexity index is 305. The maximum absolute atomic E-state index is 5.83. The fourth-order valence-corrected chi connectivity index (χ4v) is 1.73. The number of methoxy groups -OCH3 is 1. The molecule has 1 aliphatic heterocycles. The second kappa shape index (κ2) is 4.59. The van der Waals surface area contributed by atoms with Crippen LogP contribution in [-0.4, -0.2) is 41.4 Å². The van der Waals surface area contributed by atoms with Gasteiger partial charge in [-0.05, 0) is 12.8 Å². The summed E-state index contributed by atoms with van der Waals surface area (Å²) in [7, 11) is 1.64. The first-order chi connectivity index (χ1) is 7.29. The first-order valence-electron chi connectivity index (χ1n) is 5.20. The van der Waals surface area contributed by atoms with Crippen molar-refractivity contribution >= 4 is 5.95 Å². The Hall–Kier alpha value is -1.14. The van der Waals surface area contributed by atoms with Crippen LogP contribution >= 0.6 is 0 Å². The van der Waals surface area contributed by atoms with E-state index in [2.05, 4.69) is 20.1 Å². The van der Waals surface area contributed by atoms with Crippen LogP contribution in [0.25, 0.3) is 0 Å². The zero-order valence-electron chi connectivity index (χ0n) is 8.94. The van der Waals surface area contributed by atoms with Crippen LogP contribution in [0.2, 0.25) is 0 Å². The van der Waals surface area contributed by atoms with Crippen LogP contribution in [0.15, 0.2) is 0 Å². The largest absolute Gasteiger partial charge is 0.377 e. The fourth-order valence-electron chi connectivity index (χ4n) is 1.73. The van der Waals surface area contributed by atoms with Crippen molar-refractivity contribution in [3.63, 3.8) is 0 Å². The summed E-state index contributed by atoms with van der Waals surface area (Å²) in [5.41, 5.74) is 5.83. The highest BCUT2D eigenvalue weighted by Gasteiger charge is 2.19. The average molecular weight is 211 g/mol. The zero-order valence-corrected chi connectivity index (χ0v) is 8.94. The van der Waals surface area contributed by atoms with Gasteiger partial charge in [0.2, 0.25) is 5.95 Å². The first kappa shape index (κ1) is 10.4. The minimum absolute atomic E-state index is 0.332. The van der Waals surface area contributed by atoms with Crippen LogP contribution in [0.5, 0.6) is 0 Å². The van der Waals surface area contributed by atoms with E-state index < -0.39 is 0 Å². The van der Waals surface area contributed by atoms with Crippen molar-refractivity contribution in [3.05, 3.63) is 5.82 Å². The molecule has 6 nitrogen and oxygen atoms in total. The predicted molar refractivity (Wildman–Crippen MR) is 56.5 cm³/mol. The predicted octanol–water partition coefficient (Wildman–Crippen LogP) is -0.121. The molecule has 0 aromatic carbocycles. The van der Waals surface area contributed by atoms with Gasteiger partial charge in [0.1, 0.15) is 6.61 Å². The van der Waals surface area contributed by atoms with Gasteiger partial charge in [-0.1, -0.05) is 0 Å². The second-order valence-corrected chi connectivity index (χ2v) is 3.84. The smallest absolute Gasteiger partial charge is 0.244 e. The molecule has 0 aliphatic carbocycles. The molecule has 6 heteroatoms. The van der Waals surface area contributed by atoms with Crippen molar-refractivity contribution < 1.29 is 4.74 Å². The molecule has 0 saturated carbocycles. The van der Waals surface area contributed by atoms with E-state index in [0.717, 1.165) is 37.7 Å². The summed E-state index contributed by atoms with van der Waals surface area (Å²) in [5.74, 6) is 1.52. The van der Waals surface area contributed by atoms with Crippen molar-refractivity contribution in [3.8, 4) is 0 Å². The third-order valence-electron chi connectivity index (χ3n) is 2.62. The highest BCUT2D eigenvalue weighted by molar-refractivity contribution is 5.29. The van der Waals surface area contributed by atoms with Gasteiger partial charge in [0, 0.05) is 26.2 Å². The van der Waals surface area contributed by atoms with Crippen LogP contribution in [-0.2, 0) is 11.3 Å². The minimum Gasteiger partial charge on any atom is -0.377 e. The number of hydrogen-bond donors (Lipinski definition) is 2. The summed E-state index contributed by atoms with van der Waals surface area (Å²) in [6, 6.07) is 0.332. The summed E-state index contributed by atoms with van der Waals surface area (Å²) in [5, 5.41) is 7.01. The highest BCUT2D eigenvalue weighted by Crippen LogP contribution is 2.14. The van der Waals surface area contributed by atoms with Crippen LogP contribution in [0.3, 0.4) is 0 Å². The van der Waals surface area contributed by atoms with E-state index in [1.165, 1.54) is 0 Å². The minimum atomic E-state index is 0.332. The summed E-state index contributed by atoms with van der Waals surface area (Å²) >= 11 is 0. The van der Waals surface area contributed by atoms with Crippen LogP contribution < -0.4 is 10.6 Å². The topological polar surface area (TPSA) is 80.1 Å². The lowest BCUT2D eigenvalue weighted by Crippen LogP contribution is -2.40. The molecule has 0 spiro atoms. The van der Waals surface area contributed by atoms with Crippen LogP contribution in [0, 0.1) is 0 Å². The van der Waals surface area contributed by atoms with E-state index >= 15 is 0 Å². The van der Waals surface area contributed by atoms with Gasteiger partial charge in [0.05, 0.1) is 0 Å². The van der Waals surface area contributed by atoms with E-state index in [1.54, 1.807) is 7.11 Å².